The Morgan fingerprint density at radius 3 is 2.65 bits per heavy atom. The number of anilines is 1. The van der Waals surface area contributed by atoms with E-state index < -0.39 is 29.0 Å². The predicted molar refractivity (Wildman–Crippen MR) is 110 cm³/mol. The molecule has 1 aliphatic heterocycles. The highest BCUT2D eigenvalue weighted by atomic mass is 19.1. The Balaban J connectivity index is 1.77. The van der Waals surface area contributed by atoms with Gasteiger partial charge < -0.3 is 24.4 Å². The molecule has 2 aliphatic rings. The fourth-order valence-electron chi connectivity index (χ4n) is 4.31. The molecule has 1 atom stereocenters. The molecule has 1 unspecified atom stereocenters. The normalized spacial score (nSPS) is 19.7. The zero-order chi connectivity index (χ0) is 22.3. The van der Waals surface area contributed by atoms with Gasteiger partial charge in [-0.3, -0.25) is 9.69 Å². The number of carbonyl (C=O) groups is 1. The van der Waals surface area contributed by atoms with Crippen molar-refractivity contribution in [3.05, 3.63) is 34.1 Å². The third kappa shape index (κ3) is 4.09. The van der Waals surface area contributed by atoms with Crippen LogP contribution < -0.4 is 15.1 Å². The van der Waals surface area contributed by atoms with E-state index in [4.69, 9.17) is 10.2 Å². The summed E-state index contributed by atoms with van der Waals surface area (Å²) < 4.78 is 36.9. The van der Waals surface area contributed by atoms with Crippen molar-refractivity contribution in [2.75, 3.05) is 37.7 Å². The van der Waals surface area contributed by atoms with Gasteiger partial charge >= 0.3 is 6.16 Å². The Hall–Kier alpha value is -2.72. The first-order chi connectivity index (χ1) is 14.8. The highest BCUT2D eigenvalue weighted by Gasteiger charge is 2.32. The van der Waals surface area contributed by atoms with Crippen molar-refractivity contribution < 1.29 is 28.5 Å². The van der Waals surface area contributed by atoms with E-state index >= 15 is 8.78 Å². The summed E-state index contributed by atoms with van der Waals surface area (Å²) in [5.74, 6) is -2.16. The van der Waals surface area contributed by atoms with Gasteiger partial charge in [0.2, 0.25) is 5.43 Å². The topological polar surface area (TPSA) is 95.2 Å². The van der Waals surface area contributed by atoms with E-state index in [1.165, 1.54) is 10.8 Å². The van der Waals surface area contributed by atoms with Gasteiger partial charge in [0.15, 0.2) is 11.6 Å². The van der Waals surface area contributed by atoms with E-state index in [9.17, 15) is 9.59 Å². The zero-order valence-corrected chi connectivity index (χ0v) is 17.2. The molecule has 2 fully saturated rings. The molecule has 1 aromatic carbocycles. The summed E-state index contributed by atoms with van der Waals surface area (Å²) in [6.45, 7) is 4.17. The Kier molecular flexibility index (Phi) is 5.85. The number of ether oxygens (including phenoxy) is 1. The average molecular weight is 437 g/mol. The lowest BCUT2D eigenvalue weighted by Crippen LogP contribution is -2.52. The Morgan fingerprint density at radius 2 is 2.03 bits per heavy atom. The third-order valence-electron chi connectivity index (χ3n) is 5.97. The molecule has 0 spiro atoms. The monoisotopic (exact) mass is 437 g/mol. The molecule has 1 saturated carbocycles. The summed E-state index contributed by atoms with van der Waals surface area (Å²) in [5, 5.41) is 17.7. The van der Waals surface area contributed by atoms with Crippen LogP contribution in [0.5, 0.6) is 5.75 Å². The van der Waals surface area contributed by atoms with Crippen LogP contribution >= 0.6 is 0 Å². The van der Waals surface area contributed by atoms with E-state index in [-0.39, 0.29) is 35.3 Å². The zero-order valence-electron chi connectivity index (χ0n) is 17.2. The standard InChI is InChI=1S/C21H25F2N3O5/c1-12-10-25(7-6-24(12)5-2-8-27)19-15(22)9-14-18(17(19)23)26(13-3-4-13)11-16(20(14)28)31-21(29)30/h9,11-13,27H,2-8,10H2,1H3,(H,29,30). The van der Waals surface area contributed by atoms with E-state index in [0.29, 0.717) is 32.6 Å². The molecule has 1 aromatic heterocycles. The maximum atomic E-state index is 15.7. The van der Waals surface area contributed by atoms with Crippen LogP contribution in [0.3, 0.4) is 0 Å². The molecule has 2 N–H and O–H groups in total. The lowest BCUT2D eigenvalue weighted by Gasteiger charge is -2.41. The van der Waals surface area contributed by atoms with Crippen molar-refractivity contribution in [1.29, 1.82) is 0 Å². The second-order valence-corrected chi connectivity index (χ2v) is 8.15. The van der Waals surface area contributed by atoms with Gasteiger partial charge in [-0.2, -0.15) is 0 Å². The molecular formula is C21H25F2N3O5. The number of aliphatic hydroxyl groups is 1. The molecule has 1 aliphatic carbocycles. The second-order valence-electron chi connectivity index (χ2n) is 8.15. The van der Waals surface area contributed by atoms with Crippen LogP contribution in [0.15, 0.2) is 17.1 Å². The Labute approximate surface area is 177 Å². The highest BCUT2D eigenvalue weighted by Crippen LogP contribution is 2.40. The van der Waals surface area contributed by atoms with Crippen LogP contribution in [0.2, 0.25) is 0 Å². The summed E-state index contributed by atoms with van der Waals surface area (Å²) in [4.78, 5) is 27.4. The summed E-state index contributed by atoms with van der Waals surface area (Å²) in [6.07, 6.45) is 1.67. The van der Waals surface area contributed by atoms with Crippen molar-refractivity contribution in [3.8, 4) is 5.75 Å². The number of hydrogen-bond donors (Lipinski definition) is 2. The molecular weight excluding hydrogens is 412 g/mol. The predicted octanol–water partition coefficient (Wildman–Crippen LogP) is 2.56. The van der Waals surface area contributed by atoms with Gasteiger partial charge in [0, 0.05) is 44.9 Å². The first-order valence-corrected chi connectivity index (χ1v) is 10.4. The summed E-state index contributed by atoms with van der Waals surface area (Å²) >= 11 is 0. The fraction of sp³-hybridized carbons (Fsp3) is 0.524. The maximum absolute atomic E-state index is 15.7. The van der Waals surface area contributed by atoms with Crippen LogP contribution in [-0.4, -0.2) is 64.7 Å². The first kappa shape index (κ1) is 21.5. The molecule has 2 heterocycles. The van der Waals surface area contributed by atoms with Gasteiger partial charge in [0.05, 0.1) is 17.1 Å². The van der Waals surface area contributed by atoms with Crippen molar-refractivity contribution in [3.63, 3.8) is 0 Å². The van der Waals surface area contributed by atoms with Gasteiger partial charge in [-0.15, -0.1) is 0 Å². The molecule has 0 radical (unpaired) electrons. The number of fused-ring (bicyclic) bond motifs is 1. The second kappa shape index (κ2) is 8.43. The first-order valence-electron chi connectivity index (χ1n) is 10.4. The number of rotatable bonds is 6. The lowest BCUT2D eigenvalue weighted by molar-refractivity contribution is 0.143. The molecule has 10 heteroatoms. The quantitative estimate of drug-likeness (QED) is 0.671. The van der Waals surface area contributed by atoms with Crippen LogP contribution in [0.25, 0.3) is 10.9 Å². The molecule has 4 rings (SSSR count). The minimum Gasteiger partial charge on any atom is -0.449 e. The minimum atomic E-state index is -1.66. The fourth-order valence-corrected chi connectivity index (χ4v) is 4.31. The van der Waals surface area contributed by atoms with E-state index in [2.05, 4.69) is 9.64 Å². The third-order valence-corrected chi connectivity index (χ3v) is 5.97. The van der Waals surface area contributed by atoms with Crippen LogP contribution in [0.1, 0.15) is 32.2 Å². The van der Waals surface area contributed by atoms with Gasteiger partial charge in [-0.25, -0.2) is 13.6 Å². The van der Waals surface area contributed by atoms with E-state index in [0.717, 1.165) is 18.9 Å². The number of halogens is 2. The van der Waals surface area contributed by atoms with Crippen LogP contribution in [0.4, 0.5) is 19.3 Å². The molecule has 31 heavy (non-hydrogen) atoms. The van der Waals surface area contributed by atoms with Crippen molar-refractivity contribution in [2.24, 2.45) is 0 Å². The number of pyridine rings is 1. The van der Waals surface area contributed by atoms with Crippen molar-refractivity contribution in [2.45, 2.75) is 38.3 Å². The number of piperazine rings is 1. The van der Waals surface area contributed by atoms with Crippen LogP contribution in [0, 0.1) is 11.6 Å². The number of nitrogens with zero attached hydrogens (tertiary/aromatic N) is 3. The molecule has 1 saturated heterocycles. The number of carboxylic acid groups (broad SMARTS) is 1. The minimum absolute atomic E-state index is 0.0306. The number of aromatic nitrogens is 1. The number of benzene rings is 1. The van der Waals surface area contributed by atoms with Gasteiger partial charge in [-0.1, -0.05) is 0 Å². The summed E-state index contributed by atoms with van der Waals surface area (Å²) in [7, 11) is 0. The molecule has 168 valence electrons. The van der Waals surface area contributed by atoms with Gasteiger partial charge in [0.25, 0.3) is 0 Å². The van der Waals surface area contributed by atoms with Crippen molar-refractivity contribution >= 4 is 22.7 Å². The lowest BCUT2D eigenvalue weighted by atomic mass is 10.1. The maximum Gasteiger partial charge on any atom is 0.511 e. The van der Waals surface area contributed by atoms with Crippen molar-refractivity contribution in [1.82, 2.24) is 9.47 Å². The Bertz CT molecular complexity index is 1070. The average Bonchev–Trinajstić information content (AvgIpc) is 3.54. The summed E-state index contributed by atoms with van der Waals surface area (Å²) in [6, 6.07) is 0.917. The van der Waals surface area contributed by atoms with E-state index in [1.807, 2.05) is 6.92 Å². The highest BCUT2D eigenvalue weighted by molar-refractivity contribution is 5.86. The van der Waals surface area contributed by atoms with E-state index in [1.54, 1.807) is 4.90 Å². The largest absolute Gasteiger partial charge is 0.511 e. The molecule has 8 nitrogen and oxygen atoms in total. The SMILES string of the molecule is CC1CN(c2c(F)cc3c(=O)c(OC(=O)O)cn(C4CC4)c3c2F)CCN1CCCO. The number of hydrogen-bond acceptors (Lipinski definition) is 6. The van der Waals surface area contributed by atoms with Gasteiger partial charge in [-0.05, 0) is 32.3 Å². The molecule has 0 amide bonds. The number of aliphatic hydroxyl groups excluding tert-OH is 1. The smallest absolute Gasteiger partial charge is 0.449 e. The Morgan fingerprint density at radius 1 is 1.29 bits per heavy atom. The molecule has 0 bridgehead atoms. The van der Waals surface area contributed by atoms with Gasteiger partial charge in [0.1, 0.15) is 11.5 Å². The summed E-state index contributed by atoms with van der Waals surface area (Å²) in [5.41, 5.74) is -1.07. The molecule has 2 aromatic rings. The van der Waals surface area contributed by atoms with Crippen LogP contribution in [-0.2, 0) is 0 Å².